The summed E-state index contributed by atoms with van der Waals surface area (Å²) in [5.74, 6) is -5.03. The average molecular weight is 674 g/mol. The van der Waals surface area contributed by atoms with E-state index in [-0.39, 0.29) is 42.4 Å². The molecule has 1 N–H and O–H groups in total. The topological polar surface area (TPSA) is 95.0 Å². The number of hydrogen-bond acceptors (Lipinski definition) is 6. The van der Waals surface area contributed by atoms with E-state index < -0.39 is 45.2 Å². The van der Waals surface area contributed by atoms with Gasteiger partial charge in [0.05, 0.1) is 23.8 Å². The zero-order valence-electron chi connectivity index (χ0n) is 21.4. The number of carbonyl (C=O) groups excluding carboxylic acids is 4. The molecule has 41 heavy (non-hydrogen) atoms. The monoisotopic (exact) mass is 672 g/mol. The number of aromatic hydroxyl groups is 1. The lowest BCUT2D eigenvalue weighted by Gasteiger charge is -2.51. The Labute approximate surface area is 257 Å². The van der Waals surface area contributed by atoms with Crippen LogP contribution in [0.3, 0.4) is 0 Å². The third-order valence-corrected chi connectivity index (χ3v) is 12.0. The molecule has 11 heteroatoms. The van der Waals surface area contributed by atoms with Crippen LogP contribution in [0.2, 0.25) is 0 Å². The Bertz CT molecular complexity index is 1690. The van der Waals surface area contributed by atoms with Crippen molar-refractivity contribution < 1.29 is 24.3 Å². The van der Waals surface area contributed by atoms with Crippen molar-refractivity contribution in [1.82, 2.24) is 9.80 Å². The number of allylic oxidation sites excluding steroid dienone is 2. The van der Waals surface area contributed by atoms with Crippen LogP contribution in [0.5, 0.6) is 5.75 Å². The molecule has 210 valence electrons. The minimum atomic E-state index is -1.97. The van der Waals surface area contributed by atoms with E-state index in [1.54, 1.807) is 12.1 Å². The van der Waals surface area contributed by atoms with Crippen LogP contribution in [-0.2, 0) is 25.7 Å². The Morgan fingerprint density at radius 1 is 0.951 bits per heavy atom. The summed E-state index contributed by atoms with van der Waals surface area (Å²) in [5.41, 5.74) is 0.923. The SMILES string of the molecule is O=C1[C@H]2[C@H](CC=C3[C@H]2C[C@@]2(Cl)C(=O)N(CBr)C(=O)[C@@]2(Cl)[C@H]3c2c(O)ccc3ccccc23)C(=O)N1Cc1cccs1. The second-order valence-electron chi connectivity index (χ2n) is 11.0. The van der Waals surface area contributed by atoms with Gasteiger partial charge in [-0.05, 0) is 47.0 Å². The van der Waals surface area contributed by atoms with Gasteiger partial charge in [-0.1, -0.05) is 64.0 Å². The quantitative estimate of drug-likeness (QED) is 0.170. The highest BCUT2D eigenvalue weighted by Crippen LogP contribution is 2.66. The molecule has 1 aromatic heterocycles. The Morgan fingerprint density at radius 3 is 2.46 bits per heavy atom. The van der Waals surface area contributed by atoms with Crippen LogP contribution in [0, 0.1) is 17.8 Å². The molecule has 2 aromatic carbocycles. The number of likely N-dealkylation sites (tertiary alicyclic amines) is 2. The first-order chi connectivity index (χ1) is 19.6. The van der Waals surface area contributed by atoms with Gasteiger partial charge >= 0.3 is 0 Å². The third kappa shape index (κ3) is 3.49. The van der Waals surface area contributed by atoms with Gasteiger partial charge in [-0.25, -0.2) is 0 Å². The number of phenols is 1. The minimum absolute atomic E-state index is 0.0903. The predicted octanol–water partition coefficient (Wildman–Crippen LogP) is 5.52. The van der Waals surface area contributed by atoms with Crippen molar-refractivity contribution in [3.63, 3.8) is 0 Å². The maximum Gasteiger partial charge on any atom is 0.254 e. The molecular formula is C30H23BrCl2N2O5S. The molecule has 1 saturated carbocycles. The Balaban J connectivity index is 1.44. The van der Waals surface area contributed by atoms with Crippen LogP contribution in [0.25, 0.3) is 10.8 Å². The highest BCUT2D eigenvalue weighted by atomic mass is 79.9. The number of benzene rings is 2. The molecule has 0 bridgehead atoms. The largest absolute Gasteiger partial charge is 0.508 e. The molecule has 7 rings (SSSR count). The maximum atomic E-state index is 14.0. The number of phenolic OH excluding ortho intramolecular Hbond substituents is 1. The molecular weight excluding hydrogens is 651 g/mol. The van der Waals surface area contributed by atoms with Gasteiger partial charge in [0.1, 0.15) is 5.75 Å². The first kappa shape index (κ1) is 27.1. The van der Waals surface area contributed by atoms with Crippen LogP contribution in [0.1, 0.15) is 29.2 Å². The van der Waals surface area contributed by atoms with Crippen molar-refractivity contribution in [3.8, 4) is 5.75 Å². The molecule has 0 unspecified atom stereocenters. The molecule has 2 aliphatic heterocycles. The first-order valence-corrected chi connectivity index (χ1v) is 16.0. The fraction of sp³-hybridized carbons (Fsp3) is 0.333. The first-order valence-electron chi connectivity index (χ1n) is 13.2. The van der Waals surface area contributed by atoms with E-state index in [9.17, 15) is 24.3 Å². The summed E-state index contributed by atoms with van der Waals surface area (Å²) in [4.78, 5) is 54.7. The van der Waals surface area contributed by atoms with E-state index in [4.69, 9.17) is 23.2 Å². The zero-order chi connectivity index (χ0) is 28.8. The van der Waals surface area contributed by atoms with Crippen LogP contribution in [0.15, 0.2) is 65.6 Å². The molecule has 3 fully saturated rings. The number of rotatable bonds is 4. The van der Waals surface area contributed by atoms with Crippen LogP contribution < -0.4 is 0 Å². The average Bonchev–Trinajstić information content (AvgIpc) is 3.60. The van der Waals surface area contributed by atoms with Crippen molar-refractivity contribution in [2.75, 3.05) is 5.45 Å². The van der Waals surface area contributed by atoms with E-state index in [0.29, 0.717) is 16.5 Å². The fourth-order valence-corrected chi connectivity index (χ4v) is 9.54. The summed E-state index contributed by atoms with van der Waals surface area (Å²) >= 11 is 19.3. The van der Waals surface area contributed by atoms with Gasteiger partial charge in [-0.2, -0.15) is 0 Å². The van der Waals surface area contributed by atoms with Crippen LogP contribution in [0.4, 0.5) is 0 Å². The summed E-state index contributed by atoms with van der Waals surface area (Å²) in [6.07, 6.45) is 2.07. The molecule has 3 aromatic rings. The molecule has 2 aliphatic carbocycles. The molecule has 7 nitrogen and oxygen atoms in total. The second kappa shape index (κ2) is 9.39. The highest BCUT2D eigenvalue weighted by Gasteiger charge is 2.76. The van der Waals surface area contributed by atoms with Gasteiger partial charge in [0.15, 0.2) is 9.75 Å². The molecule has 2 saturated heterocycles. The maximum absolute atomic E-state index is 14.0. The number of nitrogens with zero attached hydrogens (tertiary/aromatic N) is 2. The van der Waals surface area contributed by atoms with Crippen molar-refractivity contribution in [1.29, 1.82) is 0 Å². The van der Waals surface area contributed by atoms with Crippen LogP contribution >= 0.6 is 50.5 Å². The Hall–Kier alpha value is -2.72. The number of amides is 4. The summed E-state index contributed by atoms with van der Waals surface area (Å²) in [6.45, 7) is 0.179. The highest BCUT2D eigenvalue weighted by molar-refractivity contribution is 9.09. The summed E-state index contributed by atoms with van der Waals surface area (Å²) < 4.78 is 0. The van der Waals surface area contributed by atoms with Gasteiger partial charge in [0, 0.05) is 16.4 Å². The van der Waals surface area contributed by atoms with E-state index in [0.717, 1.165) is 15.2 Å². The lowest BCUT2D eigenvalue weighted by molar-refractivity contribution is -0.141. The standard InChI is InChI=1S/C30H23BrCl2N2O5S/c31-14-35-27(39)29(32)12-20-18(8-9-19-22(20)26(38)34(25(19)37)13-16-5-3-11-41-16)24(30(29,33)28(35)40)23-17-6-2-1-4-15(17)7-10-21(23)36/h1-8,10-11,19-20,22,24,36H,9,12-14H2/t19-,20+,22-,24+,29+,30-/m0/s1. The normalized spacial score (nSPS) is 32.8. The molecule has 3 heterocycles. The lowest BCUT2D eigenvalue weighted by atomic mass is 9.56. The van der Waals surface area contributed by atoms with E-state index in [1.807, 2.05) is 47.9 Å². The summed E-state index contributed by atoms with van der Waals surface area (Å²) in [5, 5.41) is 14.7. The van der Waals surface area contributed by atoms with E-state index in [1.165, 1.54) is 16.2 Å². The zero-order valence-corrected chi connectivity index (χ0v) is 25.3. The number of fused-ring (bicyclic) bond motifs is 5. The molecule has 4 amide bonds. The van der Waals surface area contributed by atoms with Crippen molar-refractivity contribution >= 4 is 84.9 Å². The van der Waals surface area contributed by atoms with Gasteiger partial charge in [-0.3, -0.25) is 29.0 Å². The van der Waals surface area contributed by atoms with E-state index in [2.05, 4.69) is 15.9 Å². The van der Waals surface area contributed by atoms with Gasteiger partial charge < -0.3 is 5.11 Å². The van der Waals surface area contributed by atoms with Gasteiger partial charge in [-0.15, -0.1) is 34.5 Å². The molecule has 4 aliphatic rings. The number of imide groups is 2. The number of carbonyl (C=O) groups is 4. The van der Waals surface area contributed by atoms with Crippen molar-refractivity contribution in [2.45, 2.75) is 35.1 Å². The Kier molecular flexibility index (Phi) is 6.22. The smallest absolute Gasteiger partial charge is 0.254 e. The summed E-state index contributed by atoms with van der Waals surface area (Å²) in [7, 11) is 0. The van der Waals surface area contributed by atoms with Gasteiger partial charge in [0.25, 0.3) is 11.8 Å². The van der Waals surface area contributed by atoms with Crippen molar-refractivity contribution in [3.05, 3.63) is 76.0 Å². The third-order valence-electron chi connectivity index (χ3n) is 9.24. The predicted molar refractivity (Wildman–Crippen MR) is 159 cm³/mol. The molecule has 0 spiro atoms. The second-order valence-corrected chi connectivity index (χ2v) is 13.8. The number of halogens is 3. The minimum Gasteiger partial charge on any atom is -0.508 e. The van der Waals surface area contributed by atoms with Crippen molar-refractivity contribution in [2.24, 2.45) is 17.8 Å². The van der Waals surface area contributed by atoms with Gasteiger partial charge in [0.2, 0.25) is 11.8 Å². The lowest BCUT2D eigenvalue weighted by Crippen LogP contribution is -2.60. The Morgan fingerprint density at radius 2 is 1.73 bits per heavy atom. The number of hydrogen-bond donors (Lipinski definition) is 1. The molecule has 0 radical (unpaired) electrons. The van der Waals surface area contributed by atoms with Crippen LogP contribution in [-0.4, -0.2) is 53.7 Å². The number of alkyl halides is 3. The fourth-order valence-electron chi connectivity index (χ4n) is 7.44. The summed E-state index contributed by atoms with van der Waals surface area (Å²) in [6, 6.07) is 14.4. The van der Waals surface area contributed by atoms with E-state index >= 15 is 0 Å². The molecule has 6 atom stereocenters. The number of thiophene rings is 1.